The second-order valence-corrected chi connectivity index (χ2v) is 16.8. The van der Waals surface area contributed by atoms with E-state index in [-0.39, 0.29) is 12.2 Å². The zero-order valence-corrected chi connectivity index (χ0v) is 36.7. The maximum Gasteiger partial charge on any atom is 0.174 e. The van der Waals surface area contributed by atoms with Crippen LogP contribution in [0.3, 0.4) is 0 Å². The Hall–Kier alpha value is -9.07. The molecular weight excluding hydrogens is 835 g/mol. The number of allylic oxidation sites excluding steroid dienone is 2. The molecule has 0 N–H and O–H groups in total. The van der Waals surface area contributed by atoms with E-state index in [9.17, 15) is 0 Å². The van der Waals surface area contributed by atoms with Gasteiger partial charge in [-0.05, 0) is 106 Å². The highest BCUT2D eigenvalue weighted by Gasteiger charge is 2.34. The van der Waals surface area contributed by atoms with Crippen molar-refractivity contribution in [1.29, 1.82) is 0 Å². The van der Waals surface area contributed by atoms with Crippen LogP contribution < -0.4 is 9.47 Å². The zero-order valence-electron chi connectivity index (χ0n) is 36.7. The van der Waals surface area contributed by atoms with Gasteiger partial charge in [0.25, 0.3) is 0 Å². The van der Waals surface area contributed by atoms with Crippen molar-refractivity contribution in [2.45, 2.75) is 12.2 Å². The fourth-order valence-electron chi connectivity index (χ4n) is 8.89. The highest BCUT2D eigenvalue weighted by Crippen LogP contribution is 2.49. The van der Waals surface area contributed by atoms with Crippen LogP contribution in [0.2, 0.25) is 0 Å². The molecule has 0 saturated heterocycles. The van der Waals surface area contributed by atoms with Gasteiger partial charge in [-0.25, -0.2) is 15.0 Å². The van der Waals surface area contributed by atoms with Gasteiger partial charge < -0.3 is 9.47 Å². The molecule has 12 rings (SSSR count). The summed E-state index contributed by atoms with van der Waals surface area (Å²) in [6, 6.07) is 68.7. The lowest BCUT2D eigenvalue weighted by atomic mass is 9.94. The molecule has 3 aromatic heterocycles. The molecule has 68 heavy (non-hydrogen) atoms. The van der Waals surface area contributed by atoms with Crippen molar-refractivity contribution in [2.24, 2.45) is 0 Å². The molecule has 1 aliphatic heterocycles. The van der Waals surface area contributed by atoms with Gasteiger partial charge in [-0.1, -0.05) is 158 Å². The Bertz CT molecular complexity index is 3410. The number of ether oxygens (including phenoxy) is 2. The number of benzene rings is 7. The summed E-state index contributed by atoms with van der Waals surface area (Å²) in [4.78, 5) is 24.5. The minimum absolute atomic E-state index is 0.291. The summed E-state index contributed by atoms with van der Waals surface area (Å²) in [7, 11) is 0. The third kappa shape index (κ3) is 8.03. The number of pyridine rings is 2. The van der Waals surface area contributed by atoms with Crippen molar-refractivity contribution >= 4 is 0 Å². The lowest BCUT2D eigenvalue weighted by molar-refractivity contribution is 0.0769. The summed E-state index contributed by atoms with van der Waals surface area (Å²) >= 11 is 0. The quantitative estimate of drug-likeness (QED) is 0.143. The smallest absolute Gasteiger partial charge is 0.174 e. The molecule has 2 aliphatic rings. The molecule has 322 valence electrons. The molecule has 7 aromatic carbocycles. The summed E-state index contributed by atoms with van der Waals surface area (Å²) in [5.41, 5.74) is 15.0. The molecular formula is C61H41N5O2. The Morgan fingerprint density at radius 3 is 1.19 bits per heavy atom. The Kier molecular flexibility index (Phi) is 10.5. The van der Waals surface area contributed by atoms with Crippen LogP contribution >= 0.6 is 0 Å². The number of fused-ring (bicyclic) bond motifs is 2. The molecule has 0 amide bonds. The average molecular weight is 876 g/mol. The third-order valence-corrected chi connectivity index (χ3v) is 12.4. The number of nitrogens with zero attached hydrogens (tertiary/aromatic N) is 5. The van der Waals surface area contributed by atoms with Gasteiger partial charge in [0.1, 0.15) is 0 Å². The molecule has 0 saturated carbocycles. The first kappa shape index (κ1) is 40.4. The Morgan fingerprint density at radius 1 is 0.294 bits per heavy atom. The van der Waals surface area contributed by atoms with Gasteiger partial charge in [0.05, 0.1) is 17.0 Å². The van der Waals surface area contributed by atoms with Gasteiger partial charge in [-0.2, -0.15) is 0 Å². The van der Waals surface area contributed by atoms with Crippen LogP contribution in [-0.4, -0.2) is 37.1 Å². The minimum atomic E-state index is -0.314. The first-order valence-electron chi connectivity index (χ1n) is 22.7. The monoisotopic (exact) mass is 875 g/mol. The predicted molar refractivity (Wildman–Crippen MR) is 271 cm³/mol. The van der Waals surface area contributed by atoms with Crippen LogP contribution in [0.5, 0.6) is 11.5 Å². The molecule has 2 unspecified atom stereocenters. The number of rotatable bonds is 9. The minimum Gasteiger partial charge on any atom is -0.478 e. The maximum atomic E-state index is 6.87. The number of hydrogen-bond donors (Lipinski definition) is 0. The van der Waals surface area contributed by atoms with Crippen molar-refractivity contribution in [1.82, 2.24) is 24.9 Å². The van der Waals surface area contributed by atoms with Crippen molar-refractivity contribution in [3.63, 3.8) is 0 Å². The zero-order chi connectivity index (χ0) is 45.2. The lowest BCUT2D eigenvalue weighted by Crippen LogP contribution is -2.38. The third-order valence-electron chi connectivity index (χ3n) is 12.4. The molecule has 4 heterocycles. The first-order valence-corrected chi connectivity index (χ1v) is 22.7. The topological polar surface area (TPSA) is 82.9 Å². The second-order valence-electron chi connectivity index (χ2n) is 16.8. The molecule has 0 radical (unpaired) electrons. The van der Waals surface area contributed by atoms with E-state index >= 15 is 0 Å². The van der Waals surface area contributed by atoms with Crippen LogP contribution in [-0.2, 0) is 0 Å². The van der Waals surface area contributed by atoms with E-state index < -0.39 is 0 Å². The Morgan fingerprint density at radius 2 is 0.676 bits per heavy atom. The van der Waals surface area contributed by atoms with Gasteiger partial charge in [0, 0.05) is 40.2 Å². The second kappa shape index (κ2) is 17.7. The summed E-state index contributed by atoms with van der Waals surface area (Å²) in [5, 5.41) is 0. The van der Waals surface area contributed by atoms with Crippen molar-refractivity contribution in [3.8, 4) is 113 Å². The molecule has 2 atom stereocenters. The van der Waals surface area contributed by atoms with E-state index in [1.165, 1.54) is 0 Å². The molecule has 10 aromatic rings. The van der Waals surface area contributed by atoms with Gasteiger partial charge >= 0.3 is 0 Å². The van der Waals surface area contributed by atoms with Crippen molar-refractivity contribution in [3.05, 3.63) is 237 Å². The fraction of sp³-hybridized carbons (Fsp3) is 0.0328. The Balaban J connectivity index is 0.890. The summed E-state index contributed by atoms with van der Waals surface area (Å²) in [5.74, 6) is 2.88. The lowest BCUT2D eigenvalue weighted by Gasteiger charge is -2.34. The summed E-state index contributed by atoms with van der Waals surface area (Å²) < 4.78 is 13.7. The normalized spacial score (nSPS) is 14.6. The summed E-state index contributed by atoms with van der Waals surface area (Å²) in [6.07, 6.45) is 11.1. The first-order chi connectivity index (χ1) is 33.7. The maximum absolute atomic E-state index is 6.87. The van der Waals surface area contributed by atoms with Crippen LogP contribution in [0.1, 0.15) is 0 Å². The van der Waals surface area contributed by atoms with E-state index in [2.05, 4.69) is 119 Å². The molecule has 7 nitrogen and oxygen atoms in total. The molecule has 0 fully saturated rings. The van der Waals surface area contributed by atoms with Crippen molar-refractivity contribution < 1.29 is 9.47 Å². The largest absolute Gasteiger partial charge is 0.478 e. The molecule has 0 bridgehead atoms. The van der Waals surface area contributed by atoms with Gasteiger partial charge in [-0.3, -0.25) is 9.97 Å². The fourth-order valence-corrected chi connectivity index (χ4v) is 8.89. The highest BCUT2D eigenvalue weighted by molar-refractivity contribution is 5.85. The SMILES string of the molecule is C1=CC2Oc3c(-c4ccc(-c5ccc(-c6cc(-c7ccccn7)cc(-c7ccccn7)c6)cc5)cc4)ccc(-c4nc(-c5ccccc5)nc(-c5ccc(-c6ccccc6)cc5)n4)c3OC2C=C1. The van der Waals surface area contributed by atoms with Crippen LogP contribution in [0.15, 0.2) is 237 Å². The average Bonchev–Trinajstić information content (AvgIpc) is 3.43. The van der Waals surface area contributed by atoms with Crippen LogP contribution in [0, 0.1) is 0 Å². The van der Waals surface area contributed by atoms with Crippen LogP contribution in [0.4, 0.5) is 0 Å². The Labute approximate surface area is 394 Å². The van der Waals surface area contributed by atoms with E-state index in [4.69, 9.17) is 24.4 Å². The van der Waals surface area contributed by atoms with Crippen molar-refractivity contribution in [2.75, 3.05) is 0 Å². The van der Waals surface area contributed by atoms with E-state index in [0.717, 1.165) is 83.7 Å². The van der Waals surface area contributed by atoms with E-state index in [1.54, 1.807) is 0 Å². The molecule has 7 heteroatoms. The highest BCUT2D eigenvalue weighted by atomic mass is 16.6. The van der Waals surface area contributed by atoms with Gasteiger partial charge in [-0.15, -0.1) is 0 Å². The molecule has 0 spiro atoms. The van der Waals surface area contributed by atoms with Gasteiger partial charge in [0.2, 0.25) is 0 Å². The van der Waals surface area contributed by atoms with Gasteiger partial charge in [0.15, 0.2) is 41.2 Å². The standard InChI is InChI=1S/C61H41N5O2/c1-3-13-40(14-4-1)41-27-31-47(32-28-41)60-64-59(46-15-5-2-6-16-46)65-61(66-60)52-34-33-51(57-58(52)68-56-20-8-7-19-55(56)67-57)45-29-25-43(26-30-45)42-21-23-44(24-22-42)48-37-49(53-17-9-11-35-62-53)39-50(38-48)54-18-10-12-36-63-54/h1-39,55-56H. The van der Waals surface area contributed by atoms with E-state index in [0.29, 0.717) is 29.0 Å². The predicted octanol–water partition coefficient (Wildman–Crippen LogP) is 14.3. The molecule has 1 aliphatic carbocycles. The van der Waals surface area contributed by atoms with Crippen LogP contribution in [0.25, 0.3) is 101 Å². The van der Waals surface area contributed by atoms with E-state index in [1.807, 2.05) is 128 Å². The summed E-state index contributed by atoms with van der Waals surface area (Å²) in [6.45, 7) is 0. The number of hydrogen-bond acceptors (Lipinski definition) is 7. The number of aromatic nitrogens is 5.